The van der Waals surface area contributed by atoms with E-state index in [0.717, 1.165) is 47.5 Å². The van der Waals surface area contributed by atoms with Gasteiger partial charge in [0.25, 0.3) is 5.91 Å². The summed E-state index contributed by atoms with van der Waals surface area (Å²) >= 11 is 0. The molecular weight excluding hydrogens is 442 g/mol. The molecule has 1 amide bonds. The van der Waals surface area contributed by atoms with E-state index in [0.29, 0.717) is 19.6 Å². The monoisotopic (exact) mass is 477 g/mol. The van der Waals surface area contributed by atoms with E-state index in [4.69, 9.17) is 14.6 Å². The summed E-state index contributed by atoms with van der Waals surface area (Å²) in [5.41, 5.74) is 5.31. The fraction of sp³-hybridized carbons (Fsp3) is 0.464. The highest BCUT2D eigenvalue weighted by Crippen LogP contribution is 2.35. The van der Waals surface area contributed by atoms with Crippen LogP contribution in [0.1, 0.15) is 54.5 Å². The van der Waals surface area contributed by atoms with E-state index in [1.54, 1.807) is 12.1 Å². The van der Waals surface area contributed by atoms with E-state index in [1.165, 1.54) is 5.56 Å². The maximum absolute atomic E-state index is 13.6. The Bertz CT molecular complexity index is 1110. The van der Waals surface area contributed by atoms with E-state index in [2.05, 4.69) is 36.9 Å². The largest absolute Gasteiger partial charge is 0.497 e. The lowest BCUT2D eigenvalue weighted by molar-refractivity contribution is -0.150. The lowest BCUT2D eigenvalue weighted by Crippen LogP contribution is -2.44. The molecule has 4 rings (SSSR count). The fourth-order valence-corrected chi connectivity index (χ4v) is 5.06. The van der Waals surface area contributed by atoms with Crippen LogP contribution < -0.4 is 4.74 Å². The number of carbonyl (C=O) groups excluding carboxylic acids is 2. The van der Waals surface area contributed by atoms with Crippen molar-refractivity contribution in [1.29, 1.82) is 0 Å². The standard InChI is InChI=1S/C28H35N3O4/c1-5-35-28(33)22-9-7-13-30(17-22)18-27(32)31-26(21-8-6-10-23(15-21)34-4)16-25(29-31)24-12-11-19(2)14-20(24)3/h6,8,10-12,14-15,22,26H,5,7,9,13,16-18H2,1-4H3/t22-,26+/m1/s1. The number of piperidine rings is 1. The molecule has 2 atom stereocenters. The Balaban J connectivity index is 1.58. The second-order valence-corrected chi connectivity index (χ2v) is 9.43. The zero-order valence-electron chi connectivity index (χ0n) is 21.1. The van der Waals surface area contributed by atoms with Crippen molar-refractivity contribution in [2.75, 3.05) is 33.4 Å². The van der Waals surface area contributed by atoms with E-state index in [1.807, 2.05) is 31.2 Å². The highest BCUT2D eigenvalue weighted by Gasteiger charge is 2.35. The summed E-state index contributed by atoms with van der Waals surface area (Å²) < 4.78 is 10.7. The topological polar surface area (TPSA) is 71.4 Å². The van der Waals surface area contributed by atoms with Crippen molar-refractivity contribution in [3.63, 3.8) is 0 Å². The second kappa shape index (κ2) is 11.0. The van der Waals surface area contributed by atoms with Gasteiger partial charge in [0, 0.05) is 18.5 Å². The van der Waals surface area contributed by atoms with Gasteiger partial charge < -0.3 is 9.47 Å². The number of aryl methyl sites for hydroxylation is 2. The number of likely N-dealkylation sites (tertiary alicyclic amines) is 1. The van der Waals surface area contributed by atoms with Crippen LogP contribution in [0.15, 0.2) is 47.6 Å². The molecule has 2 aliphatic rings. The van der Waals surface area contributed by atoms with Gasteiger partial charge in [-0.05, 0) is 63.4 Å². The average Bonchev–Trinajstić information content (AvgIpc) is 3.30. The number of hydrogen-bond acceptors (Lipinski definition) is 6. The van der Waals surface area contributed by atoms with E-state index < -0.39 is 0 Å². The minimum Gasteiger partial charge on any atom is -0.497 e. The molecular formula is C28H35N3O4. The molecule has 1 fully saturated rings. The molecule has 7 heteroatoms. The number of esters is 1. The van der Waals surface area contributed by atoms with Crippen LogP contribution in [-0.2, 0) is 14.3 Å². The van der Waals surface area contributed by atoms with Gasteiger partial charge in [-0.25, -0.2) is 5.01 Å². The third-order valence-corrected chi connectivity index (χ3v) is 6.82. The van der Waals surface area contributed by atoms with E-state index >= 15 is 0 Å². The van der Waals surface area contributed by atoms with Crippen molar-refractivity contribution in [1.82, 2.24) is 9.91 Å². The average molecular weight is 478 g/mol. The summed E-state index contributed by atoms with van der Waals surface area (Å²) in [6.07, 6.45) is 2.30. The van der Waals surface area contributed by atoms with Gasteiger partial charge in [-0.15, -0.1) is 0 Å². The first kappa shape index (κ1) is 24.9. The number of nitrogens with zero attached hydrogens (tertiary/aromatic N) is 3. The maximum atomic E-state index is 13.6. The molecule has 0 unspecified atom stereocenters. The highest BCUT2D eigenvalue weighted by molar-refractivity contribution is 6.04. The Morgan fingerprint density at radius 1 is 1.14 bits per heavy atom. The van der Waals surface area contributed by atoms with Crippen LogP contribution in [0.4, 0.5) is 0 Å². The molecule has 0 bridgehead atoms. The SMILES string of the molecule is CCOC(=O)[C@@H]1CCCN(CC(=O)N2N=C(c3ccc(C)cc3C)C[C@H]2c2cccc(OC)c2)C1. The van der Waals surface area contributed by atoms with Crippen molar-refractivity contribution in [3.05, 3.63) is 64.7 Å². The third kappa shape index (κ3) is 5.73. The molecule has 2 aromatic carbocycles. The summed E-state index contributed by atoms with van der Waals surface area (Å²) in [4.78, 5) is 27.9. The second-order valence-electron chi connectivity index (χ2n) is 9.43. The van der Waals surface area contributed by atoms with Gasteiger partial charge in [0.05, 0.1) is 37.9 Å². The number of benzene rings is 2. The van der Waals surface area contributed by atoms with Crippen molar-refractivity contribution >= 4 is 17.6 Å². The lowest BCUT2D eigenvalue weighted by atomic mass is 9.95. The molecule has 0 N–H and O–H groups in total. The van der Waals surface area contributed by atoms with Gasteiger partial charge in [-0.1, -0.05) is 35.9 Å². The van der Waals surface area contributed by atoms with Crippen LogP contribution in [0.5, 0.6) is 5.75 Å². The van der Waals surface area contributed by atoms with E-state index in [9.17, 15) is 9.59 Å². The molecule has 1 saturated heterocycles. The van der Waals surface area contributed by atoms with Gasteiger partial charge >= 0.3 is 5.97 Å². The molecule has 2 heterocycles. The number of hydrogen-bond donors (Lipinski definition) is 0. The van der Waals surface area contributed by atoms with Crippen LogP contribution in [0.2, 0.25) is 0 Å². The first-order valence-corrected chi connectivity index (χ1v) is 12.4. The number of carbonyl (C=O) groups is 2. The zero-order chi connectivity index (χ0) is 24.9. The number of ether oxygens (including phenoxy) is 2. The van der Waals surface area contributed by atoms with Crippen molar-refractivity contribution in [3.8, 4) is 5.75 Å². The lowest BCUT2D eigenvalue weighted by Gasteiger charge is -2.32. The van der Waals surface area contributed by atoms with Crippen LogP contribution in [0, 0.1) is 19.8 Å². The Morgan fingerprint density at radius 2 is 1.97 bits per heavy atom. The molecule has 0 spiro atoms. The molecule has 186 valence electrons. The third-order valence-electron chi connectivity index (χ3n) is 6.82. The van der Waals surface area contributed by atoms with Crippen LogP contribution >= 0.6 is 0 Å². The van der Waals surface area contributed by atoms with Crippen LogP contribution in [0.25, 0.3) is 0 Å². The first-order chi connectivity index (χ1) is 16.9. The van der Waals surface area contributed by atoms with Crippen molar-refractivity contribution < 1.29 is 19.1 Å². The minimum absolute atomic E-state index is 0.0675. The van der Waals surface area contributed by atoms with Crippen LogP contribution in [0.3, 0.4) is 0 Å². The van der Waals surface area contributed by atoms with Crippen LogP contribution in [-0.4, -0.2) is 60.8 Å². The molecule has 0 radical (unpaired) electrons. The van der Waals surface area contributed by atoms with Gasteiger partial charge in [0.2, 0.25) is 0 Å². The Kier molecular flexibility index (Phi) is 7.86. The highest BCUT2D eigenvalue weighted by atomic mass is 16.5. The number of methoxy groups -OCH3 is 1. The molecule has 7 nitrogen and oxygen atoms in total. The predicted molar refractivity (Wildman–Crippen MR) is 135 cm³/mol. The molecule has 2 aromatic rings. The fourth-order valence-electron chi connectivity index (χ4n) is 5.06. The number of amides is 1. The summed E-state index contributed by atoms with van der Waals surface area (Å²) in [6.45, 7) is 7.89. The summed E-state index contributed by atoms with van der Waals surface area (Å²) in [5.74, 6) is 0.332. The number of rotatable bonds is 7. The Labute approximate surface area is 207 Å². The summed E-state index contributed by atoms with van der Waals surface area (Å²) in [5, 5.41) is 6.49. The van der Waals surface area contributed by atoms with Gasteiger partial charge in [0.15, 0.2) is 0 Å². The van der Waals surface area contributed by atoms with Gasteiger partial charge in [-0.2, -0.15) is 5.10 Å². The predicted octanol–water partition coefficient (Wildman–Crippen LogP) is 4.26. The Morgan fingerprint density at radius 3 is 2.71 bits per heavy atom. The van der Waals surface area contributed by atoms with Crippen molar-refractivity contribution in [2.45, 2.75) is 46.1 Å². The summed E-state index contributed by atoms with van der Waals surface area (Å²) in [6, 6.07) is 14.0. The molecule has 0 aromatic heterocycles. The normalized spacial score (nSPS) is 20.5. The summed E-state index contributed by atoms with van der Waals surface area (Å²) in [7, 11) is 1.64. The van der Waals surface area contributed by atoms with Gasteiger partial charge in [-0.3, -0.25) is 14.5 Å². The minimum atomic E-state index is -0.209. The number of hydrazone groups is 1. The smallest absolute Gasteiger partial charge is 0.310 e. The molecule has 2 aliphatic heterocycles. The zero-order valence-corrected chi connectivity index (χ0v) is 21.1. The maximum Gasteiger partial charge on any atom is 0.310 e. The first-order valence-electron chi connectivity index (χ1n) is 12.4. The quantitative estimate of drug-likeness (QED) is 0.557. The van der Waals surface area contributed by atoms with Gasteiger partial charge in [0.1, 0.15) is 5.75 Å². The van der Waals surface area contributed by atoms with E-state index in [-0.39, 0.29) is 30.4 Å². The van der Waals surface area contributed by atoms with Crippen molar-refractivity contribution in [2.24, 2.45) is 11.0 Å². The molecule has 0 aliphatic carbocycles. The molecule has 0 saturated carbocycles. The Hall–Kier alpha value is -3.19. The molecule has 35 heavy (non-hydrogen) atoms.